The molecular weight excluding hydrogens is 432 g/mol. The van der Waals surface area contributed by atoms with E-state index in [1.807, 2.05) is 16.9 Å². The molecule has 2 aromatic carbocycles. The Morgan fingerprint density at radius 2 is 2.14 bits per heavy atom. The summed E-state index contributed by atoms with van der Waals surface area (Å²) in [4.78, 5) is 2.58. The standard InChI is InChI=1S/C30H38N4O/c1-22-12-15-32-34(22)29-7-3-5-27(19-29)28(17-23(2)35)21-33-16-13-25(20-33)9-8-24-10-11-26-6-4-14-31-30(26)18-24/h3,5,7,10-12,15,18-19,25,28,31,35H,2,4,6,8-9,13-14,16-17,20-21H2,1H3/t25-,28?/m1/s1. The molecule has 1 unspecified atom stereocenters. The lowest BCUT2D eigenvalue weighted by Gasteiger charge is -2.25. The monoisotopic (exact) mass is 470 g/mol. The quantitative estimate of drug-likeness (QED) is 0.375. The van der Waals surface area contributed by atoms with Crippen molar-refractivity contribution in [1.29, 1.82) is 0 Å². The van der Waals surface area contributed by atoms with Crippen molar-refractivity contribution in [2.24, 2.45) is 5.92 Å². The minimum atomic E-state index is 0.216. The molecule has 2 atom stereocenters. The van der Waals surface area contributed by atoms with Crippen LogP contribution in [0.25, 0.3) is 5.69 Å². The summed E-state index contributed by atoms with van der Waals surface area (Å²) in [5.41, 5.74) is 7.69. The molecule has 1 fully saturated rings. The Morgan fingerprint density at radius 1 is 1.23 bits per heavy atom. The summed E-state index contributed by atoms with van der Waals surface area (Å²) in [5.74, 6) is 1.20. The number of likely N-dealkylation sites (tertiary alicyclic amines) is 1. The third-order valence-corrected chi connectivity index (χ3v) is 7.70. The molecule has 3 heterocycles. The molecule has 5 nitrogen and oxygen atoms in total. The lowest BCUT2D eigenvalue weighted by molar-refractivity contribution is 0.282. The predicted molar refractivity (Wildman–Crippen MR) is 144 cm³/mol. The van der Waals surface area contributed by atoms with Gasteiger partial charge in [0.15, 0.2) is 0 Å². The Hall–Kier alpha value is -3.05. The fraction of sp³-hybridized carbons (Fsp3) is 0.433. The largest absolute Gasteiger partial charge is 0.513 e. The van der Waals surface area contributed by atoms with Gasteiger partial charge in [0.1, 0.15) is 0 Å². The van der Waals surface area contributed by atoms with Crippen molar-refractivity contribution in [2.45, 2.75) is 51.4 Å². The lowest BCUT2D eigenvalue weighted by atomic mass is 9.93. The van der Waals surface area contributed by atoms with Gasteiger partial charge in [0.25, 0.3) is 0 Å². The first-order chi connectivity index (χ1) is 17.0. The van der Waals surface area contributed by atoms with Crippen LogP contribution in [-0.4, -0.2) is 46.0 Å². The van der Waals surface area contributed by atoms with Crippen molar-refractivity contribution >= 4 is 5.69 Å². The molecule has 0 spiro atoms. The number of aromatic nitrogens is 2. The topological polar surface area (TPSA) is 53.3 Å². The molecule has 1 saturated heterocycles. The summed E-state index contributed by atoms with van der Waals surface area (Å²) in [5, 5.41) is 18.1. The van der Waals surface area contributed by atoms with E-state index in [-0.39, 0.29) is 11.7 Å². The highest BCUT2D eigenvalue weighted by atomic mass is 16.3. The van der Waals surface area contributed by atoms with Crippen LogP contribution in [-0.2, 0) is 12.8 Å². The smallest absolute Gasteiger partial charge is 0.0857 e. The zero-order chi connectivity index (χ0) is 24.2. The zero-order valence-electron chi connectivity index (χ0n) is 20.9. The van der Waals surface area contributed by atoms with E-state index < -0.39 is 0 Å². The maximum atomic E-state index is 10.1. The van der Waals surface area contributed by atoms with Crippen LogP contribution in [0.4, 0.5) is 5.69 Å². The van der Waals surface area contributed by atoms with E-state index >= 15 is 0 Å². The number of aryl methyl sites for hydroxylation is 3. The number of fused-ring (bicyclic) bond motifs is 1. The van der Waals surface area contributed by atoms with E-state index in [9.17, 15) is 5.11 Å². The normalized spacial score (nSPS) is 18.7. The molecule has 1 aromatic heterocycles. The van der Waals surface area contributed by atoms with Gasteiger partial charge in [-0.15, -0.1) is 0 Å². The highest BCUT2D eigenvalue weighted by Gasteiger charge is 2.26. The van der Waals surface area contributed by atoms with Crippen molar-refractivity contribution in [2.75, 3.05) is 31.5 Å². The molecule has 0 amide bonds. The minimum Gasteiger partial charge on any atom is -0.513 e. The zero-order valence-corrected chi connectivity index (χ0v) is 20.9. The average molecular weight is 471 g/mol. The molecule has 2 N–H and O–H groups in total. The first-order valence-corrected chi connectivity index (χ1v) is 13.1. The number of rotatable bonds is 9. The highest BCUT2D eigenvalue weighted by Crippen LogP contribution is 2.30. The molecule has 184 valence electrons. The number of anilines is 1. The van der Waals surface area contributed by atoms with Gasteiger partial charge < -0.3 is 15.3 Å². The summed E-state index contributed by atoms with van der Waals surface area (Å²) in [6.45, 7) is 10.2. The van der Waals surface area contributed by atoms with E-state index in [1.165, 1.54) is 48.1 Å². The maximum absolute atomic E-state index is 10.1. The van der Waals surface area contributed by atoms with Gasteiger partial charge in [0.2, 0.25) is 0 Å². The third kappa shape index (κ3) is 5.79. The second-order valence-corrected chi connectivity index (χ2v) is 10.4. The summed E-state index contributed by atoms with van der Waals surface area (Å²) >= 11 is 0. The molecule has 2 aliphatic heterocycles. The maximum Gasteiger partial charge on any atom is 0.0857 e. The minimum absolute atomic E-state index is 0.216. The molecule has 2 aliphatic rings. The highest BCUT2D eigenvalue weighted by molar-refractivity contribution is 5.55. The Labute approximate surface area is 209 Å². The predicted octanol–water partition coefficient (Wildman–Crippen LogP) is 6.04. The molecule has 0 bridgehead atoms. The van der Waals surface area contributed by atoms with Crippen molar-refractivity contribution in [1.82, 2.24) is 14.7 Å². The van der Waals surface area contributed by atoms with E-state index in [2.05, 4.69) is 71.3 Å². The SMILES string of the molecule is C=C(O)CC(CN1CC[C@@H](CCc2ccc3c(c2)NCCC3)C1)c1cccc(-n2nccc2C)c1. The van der Waals surface area contributed by atoms with Gasteiger partial charge in [-0.1, -0.05) is 30.8 Å². The van der Waals surface area contributed by atoms with E-state index in [0.717, 1.165) is 49.9 Å². The Bertz CT molecular complexity index is 1170. The van der Waals surface area contributed by atoms with Crippen LogP contribution >= 0.6 is 0 Å². The summed E-state index contributed by atoms with van der Waals surface area (Å²) in [6.07, 6.45) is 8.50. The Morgan fingerprint density at radius 3 is 2.97 bits per heavy atom. The van der Waals surface area contributed by atoms with Crippen LogP contribution in [0.15, 0.2) is 67.1 Å². The van der Waals surface area contributed by atoms with Crippen molar-refractivity contribution in [3.63, 3.8) is 0 Å². The molecular formula is C30H38N4O. The van der Waals surface area contributed by atoms with E-state index in [1.54, 1.807) is 0 Å². The number of benzene rings is 2. The molecule has 0 aliphatic carbocycles. The van der Waals surface area contributed by atoms with Gasteiger partial charge in [0.05, 0.1) is 11.4 Å². The number of nitrogens with zero attached hydrogens (tertiary/aromatic N) is 3. The Kier molecular flexibility index (Phi) is 7.24. The van der Waals surface area contributed by atoms with Crippen LogP contribution in [0, 0.1) is 12.8 Å². The number of nitrogens with one attached hydrogen (secondary N) is 1. The van der Waals surface area contributed by atoms with Crippen LogP contribution < -0.4 is 5.32 Å². The van der Waals surface area contributed by atoms with E-state index in [0.29, 0.717) is 6.42 Å². The van der Waals surface area contributed by atoms with Gasteiger partial charge >= 0.3 is 0 Å². The van der Waals surface area contributed by atoms with Crippen LogP contribution in [0.5, 0.6) is 0 Å². The first kappa shape index (κ1) is 23.7. The van der Waals surface area contributed by atoms with Crippen LogP contribution in [0.1, 0.15) is 54.0 Å². The molecule has 5 rings (SSSR count). The van der Waals surface area contributed by atoms with Gasteiger partial charge in [0, 0.05) is 49.6 Å². The van der Waals surface area contributed by atoms with Gasteiger partial charge in [-0.3, -0.25) is 0 Å². The number of hydrogen-bond acceptors (Lipinski definition) is 4. The van der Waals surface area contributed by atoms with Crippen molar-refractivity contribution in [3.8, 4) is 5.69 Å². The first-order valence-electron chi connectivity index (χ1n) is 13.1. The van der Waals surface area contributed by atoms with Gasteiger partial charge in [-0.2, -0.15) is 5.10 Å². The second-order valence-electron chi connectivity index (χ2n) is 10.4. The van der Waals surface area contributed by atoms with Crippen molar-refractivity contribution in [3.05, 3.63) is 89.5 Å². The molecule has 0 radical (unpaired) electrons. The van der Waals surface area contributed by atoms with Gasteiger partial charge in [-0.05, 0) is 92.4 Å². The van der Waals surface area contributed by atoms with Crippen LogP contribution in [0.2, 0.25) is 0 Å². The number of allylic oxidation sites excluding steroid dienone is 1. The average Bonchev–Trinajstić information content (AvgIpc) is 3.50. The van der Waals surface area contributed by atoms with Gasteiger partial charge in [-0.25, -0.2) is 4.68 Å². The van der Waals surface area contributed by atoms with E-state index in [4.69, 9.17) is 0 Å². The molecule has 0 saturated carbocycles. The lowest BCUT2D eigenvalue weighted by Crippen LogP contribution is -2.27. The summed E-state index contributed by atoms with van der Waals surface area (Å²) in [7, 11) is 0. The fourth-order valence-electron chi connectivity index (χ4n) is 5.78. The number of aliphatic hydroxyl groups excluding tert-OH is 1. The molecule has 5 heteroatoms. The third-order valence-electron chi connectivity index (χ3n) is 7.70. The van der Waals surface area contributed by atoms with Crippen LogP contribution in [0.3, 0.4) is 0 Å². The molecule has 35 heavy (non-hydrogen) atoms. The molecule has 3 aromatic rings. The fourth-order valence-corrected chi connectivity index (χ4v) is 5.78. The summed E-state index contributed by atoms with van der Waals surface area (Å²) < 4.78 is 1.97. The summed E-state index contributed by atoms with van der Waals surface area (Å²) in [6, 6.07) is 17.6. The van der Waals surface area contributed by atoms with Crippen molar-refractivity contribution < 1.29 is 5.11 Å². The second kappa shape index (κ2) is 10.7. The number of aliphatic hydroxyl groups is 1. The Balaban J connectivity index is 1.20. The number of hydrogen-bond donors (Lipinski definition) is 2.